The van der Waals surface area contributed by atoms with Gasteiger partial charge in [0, 0.05) is 17.8 Å². The van der Waals surface area contributed by atoms with Crippen LogP contribution in [0.5, 0.6) is 5.88 Å². The van der Waals surface area contributed by atoms with Crippen molar-refractivity contribution in [2.45, 2.75) is 11.8 Å². The fraction of sp³-hybridized carbons (Fsp3) is 0.0909. The van der Waals surface area contributed by atoms with E-state index in [1.54, 1.807) is 6.20 Å². The van der Waals surface area contributed by atoms with E-state index in [9.17, 15) is 17.2 Å². The van der Waals surface area contributed by atoms with Gasteiger partial charge in [0.2, 0.25) is 5.88 Å². The summed E-state index contributed by atoms with van der Waals surface area (Å²) in [6.45, 7) is 1.82. The third kappa shape index (κ3) is 3.67. The zero-order valence-corrected chi connectivity index (χ0v) is 18.6. The molecule has 0 aliphatic rings. The fourth-order valence-corrected chi connectivity index (χ4v) is 4.73. The van der Waals surface area contributed by atoms with Gasteiger partial charge in [-0.25, -0.2) is 22.2 Å². The van der Waals surface area contributed by atoms with Gasteiger partial charge >= 0.3 is 0 Å². The highest BCUT2D eigenvalue weighted by Gasteiger charge is 2.22. The monoisotopic (exact) mass is 482 g/mol. The van der Waals surface area contributed by atoms with E-state index in [4.69, 9.17) is 4.74 Å². The van der Waals surface area contributed by atoms with Crippen molar-refractivity contribution in [2.24, 2.45) is 0 Å². The summed E-state index contributed by atoms with van der Waals surface area (Å²) in [6.07, 6.45) is 3.14. The molecular weight excluding hydrogens is 466 g/mol. The summed E-state index contributed by atoms with van der Waals surface area (Å²) in [6, 6.07) is 9.19. The fourth-order valence-electron chi connectivity index (χ4n) is 3.62. The third-order valence-electron chi connectivity index (χ3n) is 5.19. The number of sulfonamides is 1. The number of nitrogens with zero attached hydrogens (tertiary/aromatic N) is 5. The number of ether oxygens (including phenoxy) is 1. The van der Waals surface area contributed by atoms with Crippen LogP contribution in [0.25, 0.3) is 27.8 Å². The molecule has 3 heterocycles. The Bertz CT molecular complexity index is 1690. The molecule has 1 N–H and O–H groups in total. The lowest BCUT2D eigenvalue weighted by Crippen LogP contribution is -2.15. The molecule has 34 heavy (non-hydrogen) atoms. The average Bonchev–Trinajstić information content (AvgIpc) is 3.19. The highest BCUT2D eigenvalue weighted by Crippen LogP contribution is 2.32. The van der Waals surface area contributed by atoms with Gasteiger partial charge < -0.3 is 4.74 Å². The number of methoxy groups -OCH3 is 1. The van der Waals surface area contributed by atoms with E-state index in [1.807, 2.05) is 29.5 Å². The quantitative estimate of drug-likeness (QED) is 0.406. The van der Waals surface area contributed by atoms with Gasteiger partial charge in [-0.05, 0) is 42.8 Å². The molecule has 0 saturated carbocycles. The highest BCUT2D eigenvalue weighted by molar-refractivity contribution is 7.92. The Balaban J connectivity index is 1.60. The average molecular weight is 482 g/mol. The summed E-state index contributed by atoms with van der Waals surface area (Å²) in [4.78, 5) is 7.87. The van der Waals surface area contributed by atoms with Gasteiger partial charge in [-0.3, -0.25) is 14.1 Å². The van der Waals surface area contributed by atoms with Crippen molar-refractivity contribution in [2.75, 3.05) is 11.8 Å². The molecule has 0 amide bonds. The molecule has 3 aromatic heterocycles. The summed E-state index contributed by atoms with van der Waals surface area (Å²) in [7, 11) is -3.07. The van der Waals surface area contributed by atoms with E-state index in [1.165, 1.54) is 19.4 Å². The summed E-state index contributed by atoms with van der Waals surface area (Å²) in [5.74, 6) is -1.44. The molecule has 0 radical (unpaired) electrons. The van der Waals surface area contributed by atoms with E-state index < -0.39 is 26.6 Å². The molecule has 12 heteroatoms. The Hall–Kier alpha value is -4.19. The minimum Gasteiger partial charge on any atom is -0.480 e. The second-order valence-corrected chi connectivity index (χ2v) is 9.01. The number of rotatable bonds is 5. The molecule has 0 aliphatic heterocycles. The maximum Gasteiger partial charge on any atom is 0.264 e. The topological polar surface area (TPSA) is 111 Å². The first-order valence-corrected chi connectivity index (χ1v) is 11.4. The van der Waals surface area contributed by atoms with Crippen LogP contribution in [-0.2, 0) is 10.0 Å². The van der Waals surface area contributed by atoms with Crippen molar-refractivity contribution in [3.8, 4) is 17.0 Å². The first-order valence-electron chi connectivity index (χ1n) is 9.89. The second-order valence-electron chi connectivity index (χ2n) is 7.36. The predicted molar refractivity (Wildman–Crippen MR) is 120 cm³/mol. The first-order chi connectivity index (χ1) is 16.3. The van der Waals surface area contributed by atoms with Crippen LogP contribution in [0.15, 0.2) is 59.8 Å². The number of fused-ring (bicyclic) bond motifs is 3. The van der Waals surface area contributed by atoms with Crippen molar-refractivity contribution in [1.29, 1.82) is 0 Å². The van der Waals surface area contributed by atoms with Crippen molar-refractivity contribution in [3.63, 3.8) is 0 Å². The zero-order valence-electron chi connectivity index (χ0n) is 17.8. The molecule has 172 valence electrons. The Labute approximate surface area is 192 Å². The number of hydrogen-bond donors (Lipinski definition) is 1. The van der Waals surface area contributed by atoms with Gasteiger partial charge in [0.05, 0.1) is 24.3 Å². The predicted octanol–water partition coefficient (Wildman–Crippen LogP) is 3.74. The molecule has 0 fully saturated rings. The molecule has 5 aromatic rings. The van der Waals surface area contributed by atoms with Crippen LogP contribution in [0.3, 0.4) is 0 Å². The van der Waals surface area contributed by atoms with E-state index in [0.29, 0.717) is 34.2 Å². The van der Waals surface area contributed by atoms with Crippen molar-refractivity contribution in [3.05, 3.63) is 72.3 Å². The van der Waals surface area contributed by atoms with Gasteiger partial charge in [-0.1, -0.05) is 6.07 Å². The lowest BCUT2D eigenvalue weighted by Gasteiger charge is -2.13. The van der Waals surface area contributed by atoms with Gasteiger partial charge in [0.25, 0.3) is 10.0 Å². The lowest BCUT2D eigenvalue weighted by atomic mass is 10.1. The number of nitrogens with one attached hydrogen (secondary N) is 1. The van der Waals surface area contributed by atoms with Gasteiger partial charge in [0.1, 0.15) is 28.0 Å². The molecule has 5 rings (SSSR count). The molecular formula is C22H16F2N6O3S. The normalized spacial score (nSPS) is 11.8. The summed E-state index contributed by atoms with van der Waals surface area (Å²) in [5, 5.41) is 8.16. The maximum absolute atomic E-state index is 14.1. The number of anilines is 1. The van der Waals surface area contributed by atoms with Crippen LogP contribution in [0, 0.1) is 18.6 Å². The standard InChI is InChI=1S/C22H16F2N6O3S/c1-12-27-28-21-11-25-17-5-3-13(8-19(17)30(12)21)14-7-18(22(33-2)26-10-14)29-34(31,32)20-6-4-15(23)9-16(20)24/h3-11,29H,1-2H3. The van der Waals surface area contributed by atoms with E-state index in [-0.39, 0.29) is 11.6 Å². The Morgan fingerprint density at radius 3 is 2.56 bits per heavy atom. The molecule has 0 unspecified atom stereocenters. The summed E-state index contributed by atoms with van der Waals surface area (Å²) in [5.41, 5.74) is 3.31. The maximum atomic E-state index is 14.1. The molecule has 0 aliphatic carbocycles. The Kier molecular flexibility index (Phi) is 5.09. The minimum atomic E-state index is -4.40. The number of hydrogen-bond acceptors (Lipinski definition) is 7. The molecule has 0 bridgehead atoms. The van der Waals surface area contributed by atoms with Gasteiger partial charge in [-0.15, -0.1) is 10.2 Å². The summed E-state index contributed by atoms with van der Waals surface area (Å²) >= 11 is 0. The number of benzene rings is 2. The molecule has 2 aromatic carbocycles. The van der Waals surface area contributed by atoms with Crippen LogP contribution >= 0.6 is 0 Å². The third-order valence-corrected chi connectivity index (χ3v) is 6.59. The molecule has 0 spiro atoms. The van der Waals surface area contributed by atoms with Gasteiger partial charge in [0.15, 0.2) is 5.65 Å². The van der Waals surface area contributed by atoms with Crippen LogP contribution in [0.2, 0.25) is 0 Å². The zero-order chi connectivity index (χ0) is 24.0. The van der Waals surface area contributed by atoms with E-state index >= 15 is 0 Å². The number of aromatic nitrogens is 5. The van der Waals surface area contributed by atoms with Crippen molar-refractivity contribution in [1.82, 2.24) is 24.6 Å². The minimum absolute atomic E-state index is 0.0133. The first kappa shape index (κ1) is 21.6. The van der Waals surface area contributed by atoms with Crippen LogP contribution in [0.1, 0.15) is 5.82 Å². The number of pyridine rings is 1. The van der Waals surface area contributed by atoms with Crippen LogP contribution < -0.4 is 9.46 Å². The SMILES string of the molecule is COc1ncc(-c2ccc3ncc4nnc(C)n4c3c2)cc1NS(=O)(=O)c1ccc(F)cc1F. The van der Waals surface area contributed by atoms with E-state index in [0.717, 1.165) is 17.6 Å². The Morgan fingerprint density at radius 1 is 0.971 bits per heavy atom. The largest absolute Gasteiger partial charge is 0.480 e. The van der Waals surface area contributed by atoms with Crippen molar-refractivity contribution >= 4 is 32.4 Å². The second kappa shape index (κ2) is 7.99. The summed E-state index contributed by atoms with van der Waals surface area (Å²) < 4.78 is 62.3. The smallest absolute Gasteiger partial charge is 0.264 e. The molecule has 0 atom stereocenters. The molecule has 0 saturated heterocycles. The van der Waals surface area contributed by atoms with E-state index in [2.05, 4.69) is 24.9 Å². The Morgan fingerprint density at radius 2 is 1.79 bits per heavy atom. The number of halogens is 2. The highest BCUT2D eigenvalue weighted by atomic mass is 32.2. The number of aryl methyl sites for hydroxylation is 1. The van der Waals surface area contributed by atoms with Crippen molar-refractivity contribution < 1.29 is 21.9 Å². The van der Waals surface area contributed by atoms with Crippen LogP contribution in [0.4, 0.5) is 14.5 Å². The lowest BCUT2D eigenvalue weighted by molar-refractivity contribution is 0.400. The molecule has 9 nitrogen and oxygen atoms in total. The van der Waals surface area contributed by atoms with Crippen LogP contribution in [-0.4, -0.2) is 40.1 Å². The van der Waals surface area contributed by atoms with Gasteiger partial charge in [-0.2, -0.15) is 0 Å².